The molecule has 1 amide bonds. The number of aromatic nitrogens is 3. The molecule has 2 heterocycles. The highest BCUT2D eigenvalue weighted by Gasteiger charge is 2.24. The van der Waals surface area contributed by atoms with Gasteiger partial charge in [-0.05, 0) is 25.5 Å². The number of H-pyrrole nitrogens is 1. The van der Waals surface area contributed by atoms with Crippen LogP contribution in [0.2, 0.25) is 0 Å². The lowest BCUT2D eigenvalue weighted by molar-refractivity contribution is 0.0994. The molecule has 3 N–H and O–H groups in total. The van der Waals surface area contributed by atoms with E-state index in [0.29, 0.717) is 35.1 Å². The third-order valence-corrected chi connectivity index (χ3v) is 5.88. The Kier molecular flexibility index (Phi) is 6.32. The van der Waals surface area contributed by atoms with Gasteiger partial charge in [0.25, 0.3) is 11.5 Å². The predicted molar refractivity (Wildman–Crippen MR) is 135 cm³/mol. The quantitative estimate of drug-likeness (QED) is 0.458. The Balaban J connectivity index is 1.85. The summed E-state index contributed by atoms with van der Waals surface area (Å²) in [5.41, 5.74) is 8.56. The number of amides is 1. The van der Waals surface area contributed by atoms with Gasteiger partial charge in [-0.2, -0.15) is 0 Å². The van der Waals surface area contributed by atoms with Crippen LogP contribution in [0.5, 0.6) is 0 Å². The highest BCUT2D eigenvalue weighted by molar-refractivity contribution is 6.14. The number of para-hydroxylation sites is 1. The Morgan fingerprint density at radius 3 is 2.53 bits per heavy atom. The molecule has 4 rings (SSSR count). The molecule has 0 atom stereocenters. The molecule has 174 valence electrons. The summed E-state index contributed by atoms with van der Waals surface area (Å²) in [4.78, 5) is 46.9. The second kappa shape index (κ2) is 9.35. The van der Waals surface area contributed by atoms with Gasteiger partial charge in [-0.3, -0.25) is 19.1 Å². The number of carbonyl (C=O) groups is 1. The first-order chi connectivity index (χ1) is 16.3. The zero-order valence-corrected chi connectivity index (χ0v) is 19.5. The number of nitrogens with zero attached hydrogens (tertiary/aromatic N) is 3. The number of nitrogens with one attached hydrogen (secondary N) is 1. The van der Waals surface area contributed by atoms with Gasteiger partial charge >= 0.3 is 5.69 Å². The molecule has 2 aromatic heterocycles. The Bertz CT molecular complexity index is 1490. The SMILES string of the molecule is CCCCn1c(N)c(N(C)C(=O)c2cc(-c3ccc(C)cc3)nc3ccccc23)c(=O)[nH]c1=O. The van der Waals surface area contributed by atoms with Crippen molar-refractivity contribution in [2.75, 3.05) is 17.7 Å². The Labute approximate surface area is 196 Å². The summed E-state index contributed by atoms with van der Waals surface area (Å²) in [5, 5.41) is 0.657. The number of hydrogen-bond acceptors (Lipinski definition) is 5. The van der Waals surface area contributed by atoms with Crippen molar-refractivity contribution in [2.45, 2.75) is 33.2 Å². The number of benzene rings is 2. The molecule has 0 spiro atoms. The zero-order chi connectivity index (χ0) is 24.4. The molecule has 8 heteroatoms. The van der Waals surface area contributed by atoms with E-state index in [0.717, 1.165) is 17.5 Å². The van der Waals surface area contributed by atoms with Crippen molar-refractivity contribution in [2.24, 2.45) is 0 Å². The first kappa shape index (κ1) is 23.0. The molecule has 0 saturated carbocycles. The van der Waals surface area contributed by atoms with Crippen LogP contribution < -0.4 is 21.9 Å². The van der Waals surface area contributed by atoms with Crippen molar-refractivity contribution < 1.29 is 4.79 Å². The van der Waals surface area contributed by atoms with Crippen LogP contribution in [0.4, 0.5) is 11.5 Å². The summed E-state index contributed by atoms with van der Waals surface area (Å²) in [7, 11) is 1.48. The third-order valence-electron chi connectivity index (χ3n) is 5.88. The number of aromatic amines is 1. The summed E-state index contributed by atoms with van der Waals surface area (Å²) in [5.74, 6) is -0.458. The number of unbranched alkanes of at least 4 members (excludes halogenated alkanes) is 1. The normalized spacial score (nSPS) is 11.0. The monoisotopic (exact) mass is 457 g/mol. The van der Waals surface area contributed by atoms with E-state index in [1.165, 1.54) is 16.5 Å². The summed E-state index contributed by atoms with van der Waals surface area (Å²) in [6.45, 7) is 4.34. The number of pyridine rings is 1. The van der Waals surface area contributed by atoms with Crippen molar-refractivity contribution in [3.05, 3.63) is 86.6 Å². The van der Waals surface area contributed by atoms with Gasteiger partial charge in [0.2, 0.25) is 0 Å². The van der Waals surface area contributed by atoms with E-state index >= 15 is 0 Å². The number of aryl methyl sites for hydroxylation is 1. The van der Waals surface area contributed by atoms with Crippen molar-refractivity contribution >= 4 is 28.3 Å². The molecule has 8 nitrogen and oxygen atoms in total. The van der Waals surface area contributed by atoms with E-state index < -0.39 is 17.2 Å². The topological polar surface area (TPSA) is 114 Å². The molecule has 0 aliphatic carbocycles. The Hall–Kier alpha value is -4.20. The van der Waals surface area contributed by atoms with Gasteiger partial charge in [0.15, 0.2) is 5.69 Å². The van der Waals surface area contributed by atoms with Crippen molar-refractivity contribution in [3.8, 4) is 11.3 Å². The lowest BCUT2D eigenvalue weighted by Crippen LogP contribution is -2.39. The van der Waals surface area contributed by atoms with Crippen LogP contribution in [0.15, 0.2) is 64.2 Å². The number of nitrogen functional groups attached to an aromatic ring is 1. The van der Waals surface area contributed by atoms with Crippen LogP contribution in [-0.2, 0) is 6.54 Å². The molecule has 34 heavy (non-hydrogen) atoms. The largest absolute Gasteiger partial charge is 0.383 e. The molecular formula is C26H27N5O3. The molecule has 4 aromatic rings. The van der Waals surface area contributed by atoms with Crippen LogP contribution >= 0.6 is 0 Å². The molecule has 0 bridgehead atoms. The van der Waals surface area contributed by atoms with Crippen LogP contribution in [0.3, 0.4) is 0 Å². The number of nitrogens with two attached hydrogens (primary N) is 1. The number of fused-ring (bicyclic) bond motifs is 1. The van der Waals surface area contributed by atoms with E-state index in [9.17, 15) is 14.4 Å². The summed E-state index contributed by atoms with van der Waals surface area (Å²) in [6.07, 6.45) is 1.56. The highest BCUT2D eigenvalue weighted by atomic mass is 16.2. The minimum Gasteiger partial charge on any atom is -0.383 e. The van der Waals surface area contributed by atoms with E-state index in [4.69, 9.17) is 10.7 Å². The number of anilines is 2. The van der Waals surface area contributed by atoms with Gasteiger partial charge in [0.1, 0.15) is 5.82 Å². The molecule has 0 unspecified atom stereocenters. The fourth-order valence-corrected chi connectivity index (χ4v) is 3.95. The average molecular weight is 458 g/mol. The second-order valence-corrected chi connectivity index (χ2v) is 8.30. The van der Waals surface area contributed by atoms with Crippen LogP contribution in [0, 0.1) is 6.92 Å². The average Bonchev–Trinajstić information content (AvgIpc) is 2.83. The van der Waals surface area contributed by atoms with Gasteiger partial charge in [-0.1, -0.05) is 61.4 Å². The molecule has 0 aliphatic heterocycles. The minimum atomic E-state index is -0.705. The number of carbonyl (C=O) groups excluding carboxylic acids is 1. The van der Waals surface area contributed by atoms with E-state index in [1.807, 2.05) is 62.4 Å². The smallest absolute Gasteiger partial charge is 0.330 e. The fourth-order valence-electron chi connectivity index (χ4n) is 3.95. The lowest BCUT2D eigenvalue weighted by Gasteiger charge is -2.21. The van der Waals surface area contributed by atoms with E-state index in [1.54, 1.807) is 6.07 Å². The van der Waals surface area contributed by atoms with Gasteiger partial charge < -0.3 is 10.6 Å². The maximum Gasteiger partial charge on any atom is 0.330 e. The van der Waals surface area contributed by atoms with Gasteiger partial charge in [0, 0.05) is 24.5 Å². The van der Waals surface area contributed by atoms with Gasteiger partial charge in [-0.25, -0.2) is 9.78 Å². The first-order valence-electron chi connectivity index (χ1n) is 11.2. The minimum absolute atomic E-state index is 0.0323. The van der Waals surface area contributed by atoms with Crippen LogP contribution in [-0.4, -0.2) is 27.5 Å². The van der Waals surface area contributed by atoms with E-state index in [-0.39, 0.29) is 11.5 Å². The molecule has 0 fully saturated rings. The maximum absolute atomic E-state index is 13.7. The third kappa shape index (κ3) is 4.22. The van der Waals surface area contributed by atoms with Crippen molar-refractivity contribution in [1.82, 2.24) is 14.5 Å². The van der Waals surface area contributed by atoms with Gasteiger partial charge in [0.05, 0.1) is 16.8 Å². The summed E-state index contributed by atoms with van der Waals surface area (Å²) >= 11 is 0. The number of rotatable bonds is 6. The maximum atomic E-state index is 13.7. The molecule has 0 radical (unpaired) electrons. The first-order valence-corrected chi connectivity index (χ1v) is 11.2. The molecule has 0 saturated heterocycles. The molecule has 2 aromatic carbocycles. The van der Waals surface area contributed by atoms with Crippen molar-refractivity contribution in [3.63, 3.8) is 0 Å². The lowest BCUT2D eigenvalue weighted by atomic mass is 10.0. The molecular weight excluding hydrogens is 430 g/mol. The zero-order valence-electron chi connectivity index (χ0n) is 19.5. The molecule has 0 aliphatic rings. The summed E-state index contributed by atoms with van der Waals surface area (Å²) < 4.78 is 1.30. The van der Waals surface area contributed by atoms with Crippen molar-refractivity contribution in [1.29, 1.82) is 0 Å². The number of hydrogen-bond donors (Lipinski definition) is 2. The Morgan fingerprint density at radius 1 is 1.12 bits per heavy atom. The Morgan fingerprint density at radius 2 is 1.82 bits per heavy atom. The predicted octanol–water partition coefficient (Wildman–Crippen LogP) is 3.72. The second-order valence-electron chi connectivity index (χ2n) is 8.30. The van der Waals surface area contributed by atoms with E-state index in [2.05, 4.69) is 4.98 Å². The fraction of sp³-hybridized carbons (Fsp3) is 0.231. The highest BCUT2D eigenvalue weighted by Crippen LogP contribution is 2.27. The van der Waals surface area contributed by atoms with Crippen LogP contribution in [0.1, 0.15) is 35.7 Å². The summed E-state index contributed by atoms with van der Waals surface area (Å²) in [6, 6.07) is 17.0. The standard InChI is InChI=1S/C26H27N5O3/c1-4-5-14-31-23(27)22(24(32)29-26(31)34)30(3)25(33)19-15-21(17-12-10-16(2)11-13-17)28-20-9-7-6-8-18(19)20/h6-13,15H,4-5,14,27H2,1-3H3,(H,29,32,34). The van der Waals surface area contributed by atoms with Crippen LogP contribution in [0.25, 0.3) is 22.2 Å². The van der Waals surface area contributed by atoms with Gasteiger partial charge in [-0.15, -0.1) is 0 Å².